The van der Waals surface area contributed by atoms with Crippen LogP contribution in [0, 0.1) is 5.82 Å². The Balaban J connectivity index is 1.67. The van der Waals surface area contributed by atoms with Crippen LogP contribution in [-0.4, -0.2) is 22.8 Å². The number of anilines is 1. The molecule has 0 saturated carbocycles. The minimum Gasteiger partial charge on any atom is -0.497 e. The maximum atomic E-state index is 13.2. The lowest BCUT2D eigenvalue weighted by atomic mass is 10.0. The fourth-order valence-electron chi connectivity index (χ4n) is 3.45. The molecule has 1 aromatic heterocycles. The summed E-state index contributed by atoms with van der Waals surface area (Å²) >= 11 is 0. The van der Waals surface area contributed by atoms with Crippen LogP contribution in [0.2, 0.25) is 0 Å². The molecule has 0 atom stereocenters. The lowest BCUT2D eigenvalue weighted by Gasteiger charge is -2.12. The highest BCUT2D eigenvalue weighted by molar-refractivity contribution is 5.90. The number of nitrogens with zero attached hydrogens (tertiary/aromatic N) is 2. The zero-order valence-corrected chi connectivity index (χ0v) is 18.0. The zero-order valence-electron chi connectivity index (χ0n) is 18.0. The molecule has 7 heteroatoms. The van der Waals surface area contributed by atoms with Crippen molar-refractivity contribution in [3.63, 3.8) is 0 Å². The Bertz CT molecular complexity index is 1320. The van der Waals surface area contributed by atoms with Gasteiger partial charge in [-0.25, -0.2) is 9.07 Å². The van der Waals surface area contributed by atoms with Gasteiger partial charge < -0.3 is 10.1 Å². The van der Waals surface area contributed by atoms with Gasteiger partial charge in [0.25, 0.3) is 5.56 Å². The van der Waals surface area contributed by atoms with Crippen LogP contribution in [0.3, 0.4) is 0 Å². The summed E-state index contributed by atoms with van der Waals surface area (Å²) in [6, 6.07) is 24.1. The van der Waals surface area contributed by atoms with Crippen LogP contribution < -0.4 is 15.6 Å². The molecule has 0 saturated heterocycles. The number of halogens is 1. The fraction of sp³-hybridized carbons (Fsp3) is 0.115. The Kier molecular flexibility index (Phi) is 6.59. The van der Waals surface area contributed by atoms with E-state index in [0.717, 1.165) is 15.8 Å². The van der Waals surface area contributed by atoms with Crippen molar-refractivity contribution < 1.29 is 13.9 Å². The second kappa shape index (κ2) is 9.91. The van der Waals surface area contributed by atoms with Gasteiger partial charge in [0.05, 0.1) is 12.8 Å². The van der Waals surface area contributed by atoms with Gasteiger partial charge in [-0.2, -0.15) is 5.10 Å². The molecule has 0 aliphatic rings. The lowest BCUT2D eigenvalue weighted by molar-refractivity contribution is -0.117. The highest BCUT2D eigenvalue weighted by Gasteiger charge is 2.14. The van der Waals surface area contributed by atoms with Gasteiger partial charge in [-0.3, -0.25) is 9.59 Å². The maximum Gasteiger partial charge on any atom is 0.270 e. The third-order valence-electron chi connectivity index (χ3n) is 5.07. The van der Waals surface area contributed by atoms with E-state index in [1.165, 1.54) is 24.3 Å². The Hall–Kier alpha value is -4.26. The number of ether oxygens (including phenoxy) is 1. The Morgan fingerprint density at radius 1 is 1.00 bits per heavy atom. The summed E-state index contributed by atoms with van der Waals surface area (Å²) < 4.78 is 19.6. The van der Waals surface area contributed by atoms with Gasteiger partial charge in [0.15, 0.2) is 0 Å². The van der Waals surface area contributed by atoms with E-state index in [2.05, 4.69) is 10.4 Å². The van der Waals surface area contributed by atoms with Crippen LogP contribution in [0.1, 0.15) is 11.1 Å². The molecule has 1 N–H and O–H groups in total. The van der Waals surface area contributed by atoms with Crippen molar-refractivity contribution in [2.45, 2.75) is 13.0 Å². The van der Waals surface area contributed by atoms with Crippen molar-refractivity contribution in [1.29, 1.82) is 0 Å². The molecule has 0 aliphatic carbocycles. The van der Waals surface area contributed by atoms with E-state index in [4.69, 9.17) is 4.74 Å². The lowest BCUT2D eigenvalue weighted by Crippen LogP contribution is -2.32. The normalized spacial score (nSPS) is 10.6. The van der Waals surface area contributed by atoms with Crippen LogP contribution >= 0.6 is 0 Å². The number of methoxy groups -OCH3 is 1. The van der Waals surface area contributed by atoms with Crippen LogP contribution in [0.4, 0.5) is 10.1 Å². The first-order valence-corrected chi connectivity index (χ1v) is 10.4. The van der Waals surface area contributed by atoms with Crippen molar-refractivity contribution in [1.82, 2.24) is 9.78 Å². The Labute approximate surface area is 190 Å². The molecule has 0 unspecified atom stereocenters. The monoisotopic (exact) mass is 443 g/mol. The highest BCUT2D eigenvalue weighted by Crippen LogP contribution is 2.19. The van der Waals surface area contributed by atoms with Crippen LogP contribution in [0.15, 0.2) is 89.7 Å². The van der Waals surface area contributed by atoms with E-state index < -0.39 is 11.7 Å². The first-order valence-electron chi connectivity index (χ1n) is 10.4. The predicted molar refractivity (Wildman–Crippen MR) is 125 cm³/mol. The number of carbonyl (C=O) groups is 1. The minimum absolute atomic E-state index is 0.276. The molecule has 1 amide bonds. The number of benzene rings is 3. The van der Waals surface area contributed by atoms with Crippen molar-refractivity contribution in [2.75, 3.05) is 12.4 Å². The van der Waals surface area contributed by atoms with E-state index in [-0.39, 0.29) is 12.1 Å². The van der Waals surface area contributed by atoms with Gasteiger partial charge in [-0.05, 0) is 48.0 Å². The van der Waals surface area contributed by atoms with Crippen molar-refractivity contribution >= 4 is 11.6 Å². The number of hydrogen-bond acceptors (Lipinski definition) is 4. The number of aromatic nitrogens is 2. The maximum absolute atomic E-state index is 13.2. The van der Waals surface area contributed by atoms with Crippen molar-refractivity contribution in [3.8, 4) is 17.0 Å². The standard InChI is InChI=1S/C26H22FN3O3/c1-33-23-9-5-6-18(15-23)14-20-16-24(19-7-3-2-4-8-19)29-30(26(20)32)17-25(31)28-22-12-10-21(27)11-13-22/h2-13,15-16H,14,17H2,1H3,(H,28,31). The highest BCUT2D eigenvalue weighted by atomic mass is 19.1. The van der Waals surface area contributed by atoms with Gasteiger partial charge in [0.2, 0.25) is 5.91 Å². The molecular weight excluding hydrogens is 421 g/mol. The third-order valence-corrected chi connectivity index (χ3v) is 5.07. The van der Waals surface area contributed by atoms with Gasteiger partial charge in [0, 0.05) is 23.2 Å². The average Bonchev–Trinajstić information content (AvgIpc) is 2.83. The van der Waals surface area contributed by atoms with Gasteiger partial charge >= 0.3 is 0 Å². The molecule has 3 aromatic carbocycles. The van der Waals surface area contributed by atoms with Crippen LogP contribution in [0.5, 0.6) is 5.75 Å². The fourth-order valence-corrected chi connectivity index (χ4v) is 3.45. The number of amides is 1. The zero-order chi connectivity index (χ0) is 23.2. The average molecular weight is 443 g/mol. The van der Waals surface area contributed by atoms with E-state index in [0.29, 0.717) is 29.1 Å². The molecule has 0 fully saturated rings. The molecule has 0 aliphatic heterocycles. The molecule has 166 valence electrons. The number of carbonyl (C=O) groups excluding carboxylic acids is 1. The molecule has 33 heavy (non-hydrogen) atoms. The summed E-state index contributed by atoms with van der Waals surface area (Å²) in [5, 5.41) is 7.10. The smallest absolute Gasteiger partial charge is 0.270 e. The number of rotatable bonds is 7. The molecule has 4 aromatic rings. The summed E-state index contributed by atoms with van der Waals surface area (Å²) in [5.41, 5.74) is 2.91. The summed E-state index contributed by atoms with van der Waals surface area (Å²) in [6.07, 6.45) is 0.359. The summed E-state index contributed by atoms with van der Waals surface area (Å²) in [6.45, 7) is -0.276. The van der Waals surface area contributed by atoms with Crippen molar-refractivity contribution in [3.05, 3.63) is 112 Å². The summed E-state index contributed by atoms with van der Waals surface area (Å²) in [5.74, 6) is -0.138. The molecule has 0 bridgehead atoms. The van der Waals surface area contributed by atoms with Crippen LogP contribution in [-0.2, 0) is 17.8 Å². The first-order chi connectivity index (χ1) is 16.0. The SMILES string of the molecule is COc1cccc(Cc2cc(-c3ccccc3)nn(CC(=O)Nc3ccc(F)cc3)c2=O)c1. The quantitative estimate of drug-likeness (QED) is 0.463. The molecule has 0 radical (unpaired) electrons. The van der Waals surface area contributed by atoms with Crippen molar-refractivity contribution in [2.24, 2.45) is 0 Å². The second-order valence-corrected chi connectivity index (χ2v) is 7.47. The second-order valence-electron chi connectivity index (χ2n) is 7.47. The van der Waals surface area contributed by atoms with E-state index in [1.54, 1.807) is 13.2 Å². The molecular formula is C26H22FN3O3. The van der Waals surface area contributed by atoms with E-state index in [1.807, 2.05) is 54.6 Å². The van der Waals surface area contributed by atoms with E-state index >= 15 is 0 Å². The topological polar surface area (TPSA) is 73.2 Å². The molecule has 1 heterocycles. The van der Waals surface area contributed by atoms with Crippen LogP contribution in [0.25, 0.3) is 11.3 Å². The first kappa shape index (κ1) is 22.0. The molecule has 4 rings (SSSR count). The predicted octanol–water partition coefficient (Wildman–Crippen LogP) is 4.29. The van der Waals surface area contributed by atoms with Gasteiger partial charge in [-0.15, -0.1) is 0 Å². The van der Waals surface area contributed by atoms with E-state index in [9.17, 15) is 14.0 Å². The Morgan fingerprint density at radius 3 is 2.48 bits per heavy atom. The summed E-state index contributed by atoms with van der Waals surface area (Å²) in [7, 11) is 1.59. The number of hydrogen-bond donors (Lipinski definition) is 1. The summed E-state index contributed by atoms with van der Waals surface area (Å²) in [4.78, 5) is 25.8. The van der Waals surface area contributed by atoms with Gasteiger partial charge in [0.1, 0.15) is 18.1 Å². The molecule has 0 spiro atoms. The molecule has 6 nitrogen and oxygen atoms in total. The van der Waals surface area contributed by atoms with Gasteiger partial charge in [-0.1, -0.05) is 42.5 Å². The number of nitrogens with one attached hydrogen (secondary N) is 1. The minimum atomic E-state index is -0.436. The largest absolute Gasteiger partial charge is 0.497 e. The Morgan fingerprint density at radius 2 is 1.76 bits per heavy atom. The third kappa shape index (κ3) is 5.51.